The number of halogens is 4. The van der Waals surface area contributed by atoms with Gasteiger partial charge in [0.2, 0.25) is 0 Å². The number of hydrogen-bond donors (Lipinski definition) is 1. The fourth-order valence-electron chi connectivity index (χ4n) is 5.03. The molecule has 1 N–H and O–H groups in total. The number of carboxylic acids is 1. The summed E-state index contributed by atoms with van der Waals surface area (Å²) in [7, 11) is 1.53. The Balaban J connectivity index is 1.43. The number of Topliss-reactive ketones (excluding diaryl/α,β-unsaturated/α-hetero) is 1. The number of likely N-dealkylation sites (tertiary alicyclic amines) is 1. The van der Waals surface area contributed by atoms with E-state index in [9.17, 15) is 27.9 Å². The largest absolute Gasteiger partial charge is 0.497 e. The van der Waals surface area contributed by atoms with Crippen molar-refractivity contribution in [2.45, 2.75) is 25.7 Å². The van der Waals surface area contributed by atoms with Gasteiger partial charge in [0.1, 0.15) is 11.6 Å². The topological polar surface area (TPSA) is 79.7 Å². The van der Waals surface area contributed by atoms with Gasteiger partial charge in [0, 0.05) is 42.6 Å². The Morgan fingerprint density at radius 3 is 2.74 bits per heavy atom. The minimum atomic E-state index is -1.31. The molecule has 2 heterocycles. The number of benzene rings is 2. The third kappa shape index (κ3) is 6.88. The van der Waals surface area contributed by atoms with E-state index in [-0.39, 0.29) is 47.6 Å². The van der Waals surface area contributed by atoms with E-state index in [0.717, 1.165) is 6.07 Å². The van der Waals surface area contributed by atoms with Crippen LogP contribution in [0.5, 0.6) is 5.75 Å². The van der Waals surface area contributed by atoms with E-state index in [1.54, 1.807) is 18.2 Å². The number of piperidine rings is 1. The molecule has 2 unspecified atom stereocenters. The van der Waals surface area contributed by atoms with Crippen molar-refractivity contribution >= 4 is 34.3 Å². The fraction of sp³-hybridized carbons (Fsp3) is 0.345. The lowest BCUT2D eigenvalue weighted by Crippen LogP contribution is -2.41. The Labute approximate surface area is 228 Å². The summed E-state index contributed by atoms with van der Waals surface area (Å²) < 4.78 is 46.0. The van der Waals surface area contributed by atoms with Crippen molar-refractivity contribution in [1.29, 1.82) is 0 Å². The highest BCUT2D eigenvalue weighted by Gasteiger charge is 2.31. The molecular weight excluding hydrogens is 533 g/mol. The lowest BCUT2D eigenvalue weighted by Gasteiger charge is -2.37. The first-order chi connectivity index (χ1) is 18.7. The highest BCUT2D eigenvalue weighted by atomic mass is 35.5. The van der Waals surface area contributed by atoms with Gasteiger partial charge < -0.3 is 9.84 Å². The summed E-state index contributed by atoms with van der Waals surface area (Å²) in [6, 6.07) is 6.50. The van der Waals surface area contributed by atoms with Crippen LogP contribution in [0.4, 0.5) is 13.2 Å². The van der Waals surface area contributed by atoms with E-state index >= 15 is 0 Å². The molecule has 1 fully saturated rings. The molecule has 2 atom stereocenters. The predicted octanol–water partition coefficient (Wildman–Crippen LogP) is 5.74. The third-order valence-corrected chi connectivity index (χ3v) is 7.27. The van der Waals surface area contributed by atoms with Gasteiger partial charge >= 0.3 is 5.97 Å². The Morgan fingerprint density at radius 1 is 1.21 bits per heavy atom. The monoisotopic (exact) mass is 558 g/mol. The molecule has 0 bridgehead atoms. The second kappa shape index (κ2) is 12.5. The summed E-state index contributed by atoms with van der Waals surface area (Å²) in [5, 5.41) is 10.3. The quantitative estimate of drug-likeness (QED) is 0.216. The Bertz CT molecular complexity index is 1470. The Morgan fingerprint density at radius 2 is 2.00 bits per heavy atom. The maximum absolute atomic E-state index is 13.9. The molecule has 0 radical (unpaired) electrons. The van der Waals surface area contributed by atoms with Gasteiger partial charge in [-0.1, -0.05) is 23.4 Å². The molecule has 2 aromatic carbocycles. The first-order valence-electron chi connectivity index (χ1n) is 12.4. The number of carboxylic acid groups (broad SMARTS) is 1. The smallest absolute Gasteiger partial charge is 0.303 e. The normalized spacial score (nSPS) is 17.5. The second-order valence-electron chi connectivity index (χ2n) is 9.52. The van der Waals surface area contributed by atoms with Gasteiger partial charge in [0.15, 0.2) is 17.4 Å². The molecule has 4 rings (SSSR count). The molecule has 6 nitrogen and oxygen atoms in total. The number of ketones is 1. The average Bonchev–Trinajstić information content (AvgIpc) is 2.90. The minimum absolute atomic E-state index is 0.0227. The zero-order valence-corrected chi connectivity index (χ0v) is 21.9. The lowest BCUT2D eigenvalue weighted by molar-refractivity contribution is -0.139. The number of rotatable bonds is 8. The molecule has 10 heteroatoms. The van der Waals surface area contributed by atoms with Gasteiger partial charge in [-0.15, -0.1) is 0 Å². The number of carbonyl (C=O) groups is 2. The number of pyridine rings is 1. The van der Waals surface area contributed by atoms with Crippen LogP contribution in [-0.2, 0) is 4.79 Å². The standard InChI is InChI=1S/C29H26ClF3N2O4/c1-39-21-5-6-25-22(14-21)28(23(30)15-34-25)26(36)7-4-17-8-10-35(16-19(17)12-27(37)38)9-2-3-18-11-20(31)13-24(32)29(18)33/h5-6,11,13-15,17,19H,4,7-10,12,16H2,1H3,(H,37,38). The van der Waals surface area contributed by atoms with Crippen LogP contribution in [0.1, 0.15) is 41.6 Å². The van der Waals surface area contributed by atoms with Crippen molar-refractivity contribution in [2.75, 3.05) is 26.7 Å². The van der Waals surface area contributed by atoms with Crippen LogP contribution in [0.25, 0.3) is 10.9 Å². The van der Waals surface area contributed by atoms with Crippen molar-refractivity contribution in [3.8, 4) is 17.6 Å². The highest BCUT2D eigenvalue weighted by Crippen LogP contribution is 2.33. The maximum atomic E-state index is 13.9. The van der Waals surface area contributed by atoms with Crippen LogP contribution in [0.2, 0.25) is 5.02 Å². The molecule has 1 aliphatic heterocycles. The van der Waals surface area contributed by atoms with Gasteiger partial charge in [-0.3, -0.25) is 19.5 Å². The van der Waals surface area contributed by atoms with E-state index < -0.39 is 23.4 Å². The number of aromatic nitrogens is 1. The zero-order chi connectivity index (χ0) is 28.1. The van der Waals surface area contributed by atoms with E-state index in [0.29, 0.717) is 54.2 Å². The van der Waals surface area contributed by atoms with E-state index in [1.165, 1.54) is 13.3 Å². The molecule has 1 saturated heterocycles. The van der Waals surface area contributed by atoms with Crippen molar-refractivity contribution < 1.29 is 32.6 Å². The highest BCUT2D eigenvalue weighted by molar-refractivity contribution is 6.35. The summed E-state index contributed by atoms with van der Waals surface area (Å²) in [5.41, 5.74) is 0.606. The number of methoxy groups -OCH3 is 1. The number of ether oxygens (including phenoxy) is 1. The molecule has 1 aromatic heterocycles. The SMILES string of the molecule is COc1ccc2ncc(Cl)c(C(=O)CCC3CCN(CC#Cc4cc(F)cc(F)c4F)CC3CC(=O)O)c2c1. The van der Waals surface area contributed by atoms with Gasteiger partial charge in [-0.25, -0.2) is 13.2 Å². The van der Waals surface area contributed by atoms with Crippen molar-refractivity contribution in [3.05, 3.63) is 70.1 Å². The number of carbonyl (C=O) groups excluding carboxylic acids is 1. The zero-order valence-electron chi connectivity index (χ0n) is 21.1. The van der Waals surface area contributed by atoms with Gasteiger partial charge in [0.25, 0.3) is 0 Å². The predicted molar refractivity (Wildman–Crippen MR) is 140 cm³/mol. The molecule has 204 valence electrons. The molecule has 0 saturated carbocycles. The summed E-state index contributed by atoms with van der Waals surface area (Å²) in [4.78, 5) is 31.1. The molecule has 0 aliphatic carbocycles. The second-order valence-corrected chi connectivity index (χ2v) is 9.93. The third-order valence-electron chi connectivity index (χ3n) is 6.98. The Hall–Kier alpha value is -3.61. The molecule has 0 amide bonds. The summed E-state index contributed by atoms with van der Waals surface area (Å²) >= 11 is 6.37. The van der Waals surface area contributed by atoms with Crippen LogP contribution in [0.15, 0.2) is 36.5 Å². The molecule has 1 aliphatic rings. The number of hydrogen-bond acceptors (Lipinski definition) is 5. The van der Waals surface area contributed by atoms with Crippen LogP contribution in [-0.4, -0.2) is 53.5 Å². The van der Waals surface area contributed by atoms with E-state index in [2.05, 4.69) is 16.8 Å². The molecule has 3 aromatic rings. The van der Waals surface area contributed by atoms with Crippen LogP contribution in [0.3, 0.4) is 0 Å². The first-order valence-corrected chi connectivity index (χ1v) is 12.8. The maximum Gasteiger partial charge on any atom is 0.303 e. The number of fused-ring (bicyclic) bond motifs is 1. The number of aliphatic carboxylic acids is 1. The van der Waals surface area contributed by atoms with Gasteiger partial charge in [0.05, 0.1) is 29.8 Å². The van der Waals surface area contributed by atoms with Crippen LogP contribution < -0.4 is 4.74 Å². The van der Waals surface area contributed by atoms with Crippen molar-refractivity contribution in [3.63, 3.8) is 0 Å². The van der Waals surface area contributed by atoms with Crippen LogP contribution >= 0.6 is 11.6 Å². The van der Waals surface area contributed by atoms with Crippen molar-refractivity contribution in [1.82, 2.24) is 9.88 Å². The van der Waals surface area contributed by atoms with E-state index in [4.69, 9.17) is 16.3 Å². The summed E-state index contributed by atoms with van der Waals surface area (Å²) in [5.74, 6) is 0.954. The minimum Gasteiger partial charge on any atom is -0.497 e. The van der Waals surface area contributed by atoms with Crippen LogP contribution in [0, 0.1) is 41.1 Å². The van der Waals surface area contributed by atoms with E-state index in [1.807, 2.05) is 4.90 Å². The number of nitrogens with zero attached hydrogens (tertiary/aromatic N) is 2. The van der Waals surface area contributed by atoms with Crippen molar-refractivity contribution in [2.24, 2.45) is 11.8 Å². The average molecular weight is 559 g/mol. The molecule has 39 heavy (non-hydrogen) atoms. The summed E-state index contributed by atoms with van der Waals surface area (Å²) in [6.45, 7) is 1.18. The molecular formula is C29H26ClF3N2O4. The fourth-order valence-corrected chi connectivity index (χ4v) is 5.28. The Kier molecular flexibility index (Phi) is 9.10. The van der Waals surface area contributed by atoms with Gasteiger partial charge in [-0.2, -0.15) is 0 Å². The first kappa shape index (κ1) is 28.4. The van der Waals surface area contributed by atoms with Gasteiger partial charge in [-0.05, 0) is 55.5 Å². The summed E-state index contributed by atoms with van der Waals surface area (Å²) in [6.07, 6.45) is 2.66. The molecule has 0 spiro atoms. The lowest BCUT2D eigenvalue weighted by atomic mass is 9.79.